The molecule has 1 aromatic heterocycles. The van der Waals surface area contributed by atoms with Crippen LogP contribution in [0.15, 0.2) is 12.1 Å². The number of pyridine rings is 1. The molecule has 14 heavy (non-hydrogen) atoms. The Morgan fingerprint density at radius 1 is 1.36 bits per heavy atom. The van der Waals surface area contributed by atoms with Crippen LogP contribution in [0, 0.1) is 0 Å². The van der Waals surface area contributed by atoms with Crippen molar-refractivity contribution in [1.82, 2.24) is 4.98 Å². The number of hydrogen-bond donors (Lipinski definition) is 1. The fourth-order valence-corrected chi connectivity index (χ4v) is 1.22. The molecule has 4 heteroatoms. The summed E-state index contributed by atoms with van der Waals surface area (Å²) in [7, 11) is 3.10. The van der Waals surface area contributed by atoms with E-state index < -0.39 is 6.10 Å². The van der Waals surface area contributed by atoms with Crippen LogP contribution in [-0.2, 0) is 6.42 Å². The molecule has 1 N–H and O–H groups in total. The first kappa shape index (κ1) is 10.8. The molecule has 0 aliphatic heterocycles. The van der Waals surface area contributed by atoms with Crippen molar-refractivity contribution in [3.05, 3.63) is 17.7 Å². The molecule has 1 heterocycles. The molecule has 1 aromatic rings. The maximum atomic E-state index is 9.24. The van der Waals surface area contributed by atoms with Gasteiger partial charge in [-0.1, -0.05) is 0 Å². The number of aliphatic hydroxyl groups is 1. The number of ether oxygens (including phenoxy) is 2. The molecule has 1 rings (SSSR count). The van der Waals surface area contributed by atoms with Gasteiger partial charge in [-0.05, 0) is 13.0 Å². The van der Waals surface area contributed by atoms with E-state index in [-0.39, 0.29) is 0 Å². The molecule has 0 aliphatic carbocycles. The van der Waals surface area contributed by atoms with Crippen molar-refractivity contribution in [1.29, 1.82) is 0 Å². The third-order valence-electron chi connectivity index (χ3n) is 1.83. The summed E-state index contributed by atoms with van der Waals surface area (Å²) in [5.74, 6) is 1.02. The van der Waals surface area contributed by atoms with Gasteiger partial charge in [0.1, 0.15) is 0 Å². The summed E-state index contributed by atoms with van der Waals surface area (Å²) in [5, 5.41) is 9.24. The molecule has 0 bridgehead atoms. The number of aromatic nitrogens is 1. The van der Waals surface area contributed by atoms with Gasteiger partial charge in [0.15, 0.2) is 0 Å². The number of nitrogens with zero attached hydrogens (tertiary/aromatic N) is 1. The van der Waals surface area contributed by atoms with Crippen LogP contribution in [0.5, 0.6) is 11.8 Å². The largest absolute Gasteiger partial charge is 0.481 e. The van der Waals surface area contributed by atoms with E-state index >= 15 is 0 Å². The Morgan fingerprint density at radius 2 is 2.07 bits per heavy atom. The van der Waals surface area contributed by atoms with E-state index in [2.05, 4.69) is 4.98 Å². The number of aliphatic hydroxyl groups excluding tert-OH is 1. The van der Waals surface area contributed by atoms with Crippen LogP contribution in [0.4, 0.5) is 0 Å². The Morgan fingerprint density at radius 3 is 2.57 bits per heavy atom. The monoisotopic (exact) mass is 197 g/mol. The van der Waals surface area contributed by atoms with Gasteiger partial charge in [0, 0.05) is 18.1 Å². The van der Waals surface area contributed by atoms with Gasteiger partial charge in [-0.3, -0.25) is 0 Å². The fraction of sp³-hybridized carbons (Fsp3) is 0.500. The topological polar surface area (TPSA) is 51.6 Å². The molecule has 0 amide bonds. The second-order valence-electron chi connectivity index (χ2n) is 3.08. The zero-order chi connectivity index (χ0) is 10.6. The summed E-state index contributed by atoms with van der Waals surface area (Å²) < 4.78 is 10.0. The molecule has 78 valence electrons. The number of hydrogen-bond acceptors (Lipinski definition) is 4. The summed E-state index contributed by atoms with van der Waals surface area (Å²) in [6, 6.07) is 3.59. The highest BCUT2D eigenvalue weighted by Gasteiger charge is 2.08. The minimum Gasteiger partial charge on any atom is -0.481 e. The molecular formula is C10H15NO3. The Labute approximate surface area is 83.5 Å². The van der Waals surface area contributed by atoms with E-state index in [0.717, 1.165) is 5.56 Å². The molecule has 0 fully saturated rings. The van der Waals surface area contributed by atoms with Crippen molar-refractivity contribution in [3.63, 3.8) is 0 Å². The summed E-state index contributed by atoms with van der Waals surface area (Å²) in [4.78, 5) is 4.11. The van der Waals surface area contributed by atoms with Crippen molar-refractivity contribution >= 4 is 0 Å². The molecule has 0 spiro atoms. The predicted octanol–water partition coefficient (Wildman–Crippen LogP) is 1.02. The van der Waals surface area contributed by atoms with E-state index in [1.807, 2.05) is 6.07 Å². The van der Waals surface area contributed by atoms with E-state index in [0.29, 0.717) is 18.2 Å². The lowest BCUT2D eigenvalue weighted by molar-refractivity contribution is 0.193. The second kappa shape index (κ2) is 4.81. The van der Waals surface area contributed by atoms with Crippen molar-refractivity contribution in [3.8, 4) is 11.8 Å². The average Bonchev–Trinajstić information content (AvgIpc) is 2.17. The van der Waals surface area contributed by atoms with Gasteiger partial charge < -0.3 is 14.6 Å². The smallest absolute Gasteiger partial charge is 0.219 e. The number of rotatable bonds is 4. The van der Waals surface area contributed by atoms with Crippen molar-refractivity contribution in [2.24, 2.45) is 0 Å². The highest BCUT2D eigenvalue weighted by Crippen LogP contribution is 2.20. The standard InChI is InChI=1S/C10H15NO3/c1-7(12)6-8-4-5-9(13-2)11-10(8)14-3/h4-5,7,12H,6H2,1-3H3/t7-/m1/s1. The highest BCUT2D eigenvalue weighted by atomic mass is 16.5. The van der Waals surface area contributed by atoms with Crippen LogP contribution in [-0.4, -0.2) is 30.4 Å². The maximum absolute atomic E-state index is 9.24. The third kappa shape index (κ3) is 2.60. The minimum absolute atomic E-state index is 0.404. The van der Waals surface area contributed by atoms with Gasteiger partial charge in [-0.2, -0.15) is 4.98 Å². The van der Waals surface area contributed by atoms with Gasteiger partial charge in [0.25, 0.3) is 0 Å². The SMILES string of the molecule is COc1ccc(C[C@@H](C)O)c(OC)n1. The zero-order valence-electron chi connectivity index (χ0n) is 8.65. The van der Waals surface area contributed by atoms with Crippen molar-refractivity contribution in [2.75, 3.05) is 14.2 Å². The maximum Gasteiger partial charge on any atom is 0.219 e. The molecular weight excluding hydrogens is 182 g/mol. The molecule has 1 atom stereocenters. The van der Waals surface area contributed by atoms with Gasteiger partial charge in [0.2, 0.25) is 11.8 Å². The summed E-state index contributed by atoms with van der Waals surface area (Å²) in [5.41, 5.74) is 0.878. The Bertz CT molecular complexity index is 299. The van der Waals surface area contributed by atoms with Gasteiger partial charge in [-0.25, -0.2) is 0 Å². The predicted molar refractivity (Wildman–Crippen MR) is 52.7 cm³/mol. The Balaban J connectivity index is 2.93. The number of methoxy groups -OCH3 is 2. The second-order valence-corrected chi connectivity index (χ2v) is 3.08. The quantitative estimate of drug-likeness (QED) is 0.783. The lowest BCUT2D eigenvalue weighted by Gasteiger charge is -2.09. The highest BCUT2D eigenvalue weighted by molar-refractivity contribution is 5.31. The normalized spacial score (nSPS) is 12.3. The zero-order valence-corrected chi connectivity index (χ0v) is 8.65. The third-order valence-corrected chi connectivity index (χ3v) is 1.83. The van der Waals surface area contributed by atoms with Crippen LogP contribution in [0.2, 0.25) is 0 Å². The van der Waals surface area contributed by atoms with E-state index in [1.54, 1.807) is 27.2 Å². The summed E-state index contributed by atoms with van der Waals surface area (Å²) >= 11 is 0. The van der Waals surface area contributed by atoms with Crippen LogP contribution in [0.25, 0.3) is 0 Å². The Kier molecular flexibility index (Phi) is 3.71. The molecule has 0 saturated heterocycles. The minimum atomic E-state index is -0.404. The first-order valence-electron chi connectivity index (χ1n) is 4.43. The average molecular weight is 197 g/mol. The van der Waals surface area contributed by atoms with Crippen LogP contribution in [0.1, 0.15) is 12.5 Å². The van der Waals surface area contributed by atoms with Crippen LogP contribution in [0.3, 0.4) is 0 Å². The molecule has 0 unspecified atom stereocenters. The lowest BCUT2D eigenvalue weighted by Crippen LogP contribution is -2.06. The first-order valence-corrected chi connectivity index (χ1v) is 4.43. The first-order chi connectivity index (χ1) is 6.67. The van der Waals surface area contributed by atoms with Crippen molar-refractivity contribution in [2.45, 2.75) is 19.4 Å². The summed E-state index contributed by atoms with van der Waals surface area (Å²) in [6.07, 6.45) is 0.124. The lowest BCUT2D eigenvalue weighted by atomic mass is 10.1. The Hall–Kier alpha value is -1.29. The van der Waals surface area contributed by atoms with Gasteiger partial charge in [-0.15, -0.1) is 0 Å². The van der Waals surface area contributed by atoms with Crippen molar-refractivity contribution < 1.29 is 14.6 Å². The summed E-state index contributed by atoms with van der Waals surface area (Å²) in [6.45, 7) is 1.73. The molecule has 0 aromatic carbocycles. The van der Waals surface area contributed by atoms with Crippen LogP contribution >= 0.6 is 0 Å². The van der Waals surface area contributed by atoms with Gasteiger partial charge >= 0.3 is 0 Å². The van der Waals surface area contributed by atoms with Crippen LogP contribution < -0.4 is 9.47 Å². The van der Waals surface area contributed by atoms with E-state index in [4.69, 9.17) is 9.47 Å². The van der Waals surface area contributed by atoms with Gasteiger partial charge in [0.05, 0.1) is 20.3 Å². The van der Waals surface area contributed by atoms with E-state index in [9.17, 15) is 5.11 Å². The van der Waals surface area contributed by atoms with E-state index in [1.165, 1.54) is 0 Å². The molecule has 4 nitrogen and oxygen atoms in total. The molecule has 0 radical (unpaired) electrons. The fourth-order valence-electron chi connectivity index (χ4n) is 1.22. The molecule has 0 saturated carbocycles. The molecule has 0 aliphatic rings.